The maximum Gasteiger partial charge on any atom is 0.224 e. The fourth-order valence-corrected chi connectivity index (χ4v) is 1.74. The second-order valence-corrected chi connectivity index (χ2v) is 3.42. The van der Waals surface area contributed by atoms with Gasteiger partial charge in [-0.05, 0) is 13.0 Å². The summed E-state index contributed by atoms with van der Waals surface area (Å²) in [5, 5.41) is 2.69. The van der Waals surface area contributed by atoms with Crippen molar-refractivity contribution in [1.29, 1.82) is 0 Å². The maximum atomic E-state index is 11.2. The average molecular weight is 156 g/mol. The van der Waals surface area contributed by atoms with Crippen molar-refractivity contribution in [1.82, 2.24) is 10.2 Å². The van der Waals surface area contributed by atoms with Gasteiger partial charge in [0.05, 0.1) is 5.92 Å². The number of hydrogen-bond donors (Lipinski definition) is 1. The normalized spacial score (nSPS) is 32.3. The van der Waals surface area contributed by atoms with Crippen LogP contribution in [-0.2, 0) is 4.79 Å². The number of amides is 1. The lowest BCUT2D eigenvalue weighted by molar-refractivity contribution is -0.125. The van der Waals surface area contributed by atoms with Crippen LogP contribution in [0.4, 0.5) is 0 Å². The van der Waals surface area contributed by atoms with Crippen LogP contribution in [-0.4, -0.2) is 38.0 Å². The van der Waals surface area contributed by atoms with Crippen molar-refractivity contribution in [3.8, 4) is 0 Å². The number of carbonyl (C=O) groups excluding carboxylic acids is 1. The smallest absolute Gasteiger partial charge is 0.224 e. The molecule has 3 nitrogen and oxygen atoms in total. The van der Waals surface area contributed by atoms with Gasteiger partial charge >= 0.3 is 0 Å². The molecule has 2 unspecified atom stereocenters. The largest absolute Gasteiger partial charge is 0.359 e. The summed E-state index contributed by atoms with van der Waals surface area (Å²) in [5.74, 6) is 0.881. The summed E-state index contributed by atoms with van der Waals surface area (Å²) in [6.45, 7) is 4.07. The highest BCUT2D eigenvalue weighted by Crippen LogP contribution is 2.21. The molecular formula is C8H16N2O. The van der Waals surface area contributed by atoms with E-state index in [0.717, 1.165) is 13.1 Å². The minimum absolute atomic E-state index is 0.182. The second kappa shape index (κ2) is 3.22. The third-order valence-electron chi connectivity index (χ3n) is 2.38. The van der Waals surface area contributed by atoms with E-state index in [1.54, 1.807) is 7.05 Å². The Labute approximate surface area is 67.8 Å². The fourth-order valence-electron chi connectivity index (χ4n) is 1.74. The Hall–Kier alpha value is -0.570. The van der Waals surface area contributed by atoms with Gasteiger partial charge in [0.1, 0.15) is 0 Å². The van der Waals surface area contributed by atoms with Crippen molar-refractivity contribution in [2.24, 2.45) is 11.8 Å². The lowest BCUT2D eigenvalue weighted by atomic mass is 9.98. The molecule has 1 aliphatic rings. The lowest BCUT2D eigenvalue weighted by Gasteiger charge is -2.11. The topological polar surface area (TPSA) is 32.3 Å². The van der Waals surface area contributed by atoms with E-state index in [0.29, 0.717) is 5.92 Å². The first-order chi connectivity index (χ1) is 5.15. The molecule has 1 rings (SSSR count). The van der Waals surface area contributed by atoms with E-state index in [1.165, 1.54) is 0 Å². The number of carbonyl (C=O) groups is 1. The Kier molecular flexibility index (Phi) is 2.49. The van der Waals surface area contributed by atoms with E-state index in [-0.39, 0.29) is 11.8 Å². The van der Waals surface area contributed by atoms with Crippen LogP contribution in [0.2, 0.25) is 0 Å². The monoisotopic (exact) mass is 156 g/mol. The van der Waals surface area contributed by atoms with E-state index in [2.05, 4.69) is 24.2 Å². The third kappa shape index (κ3) is 1.71. The molecule has 64 valence electrons. The van der Waals surface area contributed by atoms with Crippen LogP contribution in [0.25, 0.3) is 0 Å². The Balaban J connectivity index is 2.52. The van der Waals surface area contributed by atoms with E-state index >= 15 is 0 Å². The van der Waals surface area contributed by atoms with Crippen LogP contribution in [0.3, 0.4) is 0 Å². The molecule has 0 aliphatic carbocycles. The lowest BCUT2D eigenvalue weighted by Crippen LogP contribution is -2.31. The molecule has 2 atom stereocenters. The summed E-state index contributed by atoms with van der Waals surface area (Å²) in [4.78, 5) is 13.4. The minimum atomic E-state index is 0.182. The summed E-state index contributed by atoms with van der Waals surface area (Å²) in [7, 11) is 3.76. The number of nitrogens with one attached hydrogen (secondary N) is 1. The molecular weight excluding hydrogens is 140 g/mol. The van der Waals surface area contributed by atoms with Crippen LogP contribution in [0.1, 0.15) is 6.92 Å². The molecule has 0 aromatic carbocycles. The molecule has 1 N–H and O–H groups in total. The first kappa shape index (κ1) is 8.53. The van der Waals surface area contributed by atoms with Crippen molar-refractivity contribution in [2.45, 2.75) is 6.92 Å². The average Bonchev–Trinajstić information content (AvgIpc) is 2.28. The highest BCUT2D eigenvalue weighted by molar-refractivity contribution is 5.79. The number of rotatable bonds is 1. The van der Waals surface area contributed by atoms with E-state index < -0.39 is 0 Å². The molecule has 0 saturated carbocycles. The number of hydrogen-bond acceptors (Lipinski definition) is 2. The maximum absolute atomic E-state index is 11.2. The molecule has 1 heterocycles. The Bertz CT molecular complexity index is 158. The van der Waals surface area contributed by atoms with Crippen LogP contribution < -0.4 is 5.32 Å². The molecule has 3 heteroatoms. The molecule has 0 aromatic heterocycles. The van der Waals surface area contributed by atoms with Crippen molar-refractivity contribution in [3.05, 3.63) is 0 Å². The number of nitrogens with zero attached hydrogens (tertiary/aromatic N) is 1. The second-order valence-electron chi connectivity index (χ2n) is 3.42. The Morgan fingerprint density at radius 3 is 2.55 bits per heavy atom. The van der Waals surface area contributed by atoms with Gasteiger partial charge in [-0.1, -0.05) is 6.92 Å². The summed E-state index contributed by atoms with van der Waals surface area (Å²) in [6, 6.07) is 0. The van der Waals surface area contributed by atoms with Crippen molar-refractivity contribution < 1.29 is 4.79 Å². The van der Waals surface area contributed by atoms with E-state index in [4.69, 9.17) is 0 Å². The highest BCUT2D eigenvalue weighted by atomic mass is 16.1. The summed E-state index contributed by atoms with van der Waals surface area (Å²) in [5.41, 5.74) is 0. The molecule has 11 heavy (non-hydrogen) atoms. The van der Waals surface area contributed by atoms with Gasteiger partial charge in [0.25, 0.3) is 0 Å². The standard InChI is InChI=1S/C8H16N2O/c1-6-4-10(3)5-7(6)8(11)9-2/h6-7H,4-5H2,1-3H3,(H,9,11). The van der Waals surface area contributed by atoms with Crippen molar-refractivity contribution in [3.63, 3.8) is 0 Å². The molecule has 1 saturated heterocycles. The molecule has 1 amide bonds. The fraction of sp³-hybridized carbons (Fsp3) is 0.875. The Morgan fingerprint density at radius 1 is 1.55 bits per heavy atom. The predicted octanol–water partition coefficient (Wildman–Crippen LogP) is -0.0699. The zero-order valence-corrected chi connectivity index (χ0v) is 7.42. The summed E-state index contributed by atoms with van der Waals surface area (Å²) in [6.07, 6.45) is 0. The summed E-state index contributed by atoms with van der Waals surface area (Å²) >= 11 is 0. The van der Waals surface area contributed by atoms with Crippen molar-refractivity contribution >= 4 is 5.91 Å². The molecule has 0 aromatic rings. The van der Waals surface area contributed by atoms with Gasteiger partial charge in [0.2, 0.25) is 5.91 Å². The molecule has 0 bridgehead atoms. The number of likely N-dealkylation sites (tertiary alicyclic amines) is 1. The van der Waals surface area contributed by atoms with Gasteiger partial charge in [-0.15, -0.1) is 0 Å². The first-order valence-electron chi connectivity index (χ1n) is 4.05. The van der Waals surface area contributed by atoms with Crippen LogP contribution >= 0.6 is 0 Å². The molecule has 1 fully saturated rings. The minimum Gasteiger partial charge on any atom is -0.359 e. The van der Waals surface area contributed by atoms with Gasteiger partial charge in [0.15, 0.2) is 0 Å². The zero-order chi connectivity index (χ0) is 8.43. The van der Waals surface area contributed by atoms with Gasteiger partial charge < -0.3 is 10.2 Å². The molecule has 0 spiro atoms. The Morgan fingerprint density at radius 2 is 2.18 bits per heavy atom. The van der Waals surface area contributed by atoms with Crippen LogP contribution in [0, 0.1) is 11.8 Å². The highest BCUT2D eigenvalue weighted by Gasteiger charge is 2.31. The van der Waals surface area contributed by atoms with E-state index in [9.17, 15) is 4.79 Å². The van der Waals surface area contributed by atoms with Gasteiger partial charge in [-0.25, -0.2) is 0 Å². The van der Waals surface area contributed by atoms with Gasteiger partial charge in [-0.3, -0.25) is 4.79 Å². The zero-order valence-electron chi connectivity index (χ0n) is 7.42. The quantitative estimate of drug-likeness (QED) is 0.576. The SMILES string of the molecule is CNC(=O)C1CN(C)CC1C. The molecule has 0 radical (unpaired) electrons. The first-order valence-corrected chi connectivity index (χ1v) is 4.05. The van der Waals surface area contributed by atoms with Crippen LogP contribution in [0.15, 0.2) is 0 Å². The van der Waals surface area contributed by atoms with E-state index in [1.807, 2.05) is 0 Å². The predicted molar refractivity (Wildman–Crippen MR) is 44.2 cm³/mol. The third-order valence-corrected chi connectivity index (χ3v) is 2.38. The van der Waals surface area contributed by atoms with Gasteiger partial charge in [-0.2, -0.15) is 0 Å². The van der Waals surface area contributed by atoms with Gasteiger partial charge in [0, 0.05) is 20.1 Å². The van der Waals surface area contributed by atoms with Crippen molar-refractivity contribution in [2.75, 3.05) is 27.2 Å². The molecule has 1 aliphatic heterocycles. The summed E-state index contributed by atoms with van der Waals surface area (Å²) < 4.78 is 0. The van der Waals surface area contributed by atoms with Crippen LogP contribution in [0.5, 0.6) is 0 Å².